The fourth-order valence-corrected chi connectivity index (χ4v) is 0. The largest absolute Gasteiger partial charge is 4.00 e. The molecular weight excluding hydrogens is 276 g/mol. The molecule has 0 heterocycles. The summed E-state index contributed by atoms with van der Waals surface area (Å²) in [5.74, 6) is 0. The maximum atomic E-state index is 0. The molecule has 0 nitrogen and oxygen atoms in total. The SMILES string of the molecule is [Cs+].[F-].[F-].[F-].[F-].[F-].[Ti+4]. The van der Waals surface area contributed by atoms with Gasteiger partial charge in [-0.15, -0.1) is 0 Å². The van der Waals surface area contributed by atoms with Crippen molar-refractivity contribution in [2.24, 2.45) is 0 Å². The van der Waals surface area contributed by atoms with Crippen LogP contribution in [0.25, 0.3) is 0 Å². The molecule has 7 heteroatoms. The van der Waals surface area contributed by atoms with Gasteiger partial charge in [-0.1, -0.05) is 0 Å². The van der Waals surface area contributed by atoms with E-state index in [2.05, 4.69) is 0 Å². The van der Waals surface area contributed by atoms with Crippen LogP contribution in [0.4, 0.5) is 0 Å². The minimum absolute atomic E-state index is 0. The van der Waals surface area contributed by atoms with Crippen LogP contribution in [0.15, 0.2) is 0 Å². The predicted molar refractivity (Wildman–Crippen MR) is 0 cm³/mol. The molecule has 7 heavy (non-hydrogen) atoms. The third-order valence-electron chi connectivity index (χ3n) is 0. The Hall–Kier alpha value is 2.42. The van der Waals surface area contributed by atoms with Crippen LogP contribution in [0.2, 0.25) is 0 Å². The van der Waals surface area contributed by atoms with Crippen molar-refractivity contribution in [2.45, 2.75) is 0 Å². The summed E-state index contributed by atoms with van der Waals surface area (Å²) < 4.78 is 0. The molecule has 0 amide bonds. The smallest absolute Gasteiger partial charge is 1.00 e. The molecule has 0 aliphatic carbocycles. The predicted octanol–water partition coefficient (Wildman–Crippen LogP) is -18.0. The van der Waals surface area contributed by atoms with Crippen LogP contribution in [-0.4, -0.2) is 0 Å². The van der Waals surface area contributed by atoms with Gasteiger partial charge in [0.15, 0.2) is 0 Å². The Balaban J connectivity index is 0. The molecule has 0 radical (unpaired) electrons. The zero-order valence-corrected chi connectivity index (χ0v) is 11.2. The number of halogens is 5. The Kier molecular flexibility index (Phi) is 1290. The van der Waals surface area contributed by atoms with E-state index in [9.17, 15) is 0 Å². The normalized spacial score (nSPS) is 0. The monoisotopic (exact) mass is 276 g/mol. The second-order valence-corrected chi connectivity index (χ2v) is 0. The Bertz CT molecular complexity index is 8.04. The van der Waals surface area contributed by atoms with Crippen molar-refractivity contribution >= 4 is 0 Å². The van der Waals surface area contributed by atoms with E-state index in [0.717, 1.165) is 0 Å². The Labute approximate surface area is 111 Å². The third kappa shape index (κ3) is 59.3. The average Bonchev–Trinajstić information content (AvgIpc) is 0. The summed E-state index contributed by atoms with van der Waals surface area (Å²) >= 11 is 0. The van der Waals surface area contributed by atoms with Crippen LogP contribution < -0.4 is 92.4 Å². The van der Waals surface area contributed by atoms with Crippen LogP contribution in [0.5, 0.6) is 0 Å². The van der Waals surface area contributed by atoms with E-state index in [1.165, 1.54) is 0 Å². The molecule has 0 aromatic rings. The van der Waals surface area contributed by atoms with E-state index in [1.54, 1.807) is 0 Å². The Morgan fingerprint density at radius 3 is 0.429 bits per heavy atom. The first-order valence-electron chi connectivity index (χ1n) is 0. The van der Waals surface area contributed by atoms with Gasteiger partial charge in [0.1, 0.15) is 0 Å². The molecule has 0 aromatic carbocycles. The molecule has 0 fully saturated rings. The second kappa shape index (κ2) is 79.3. The molecule has 0 spiro atoms. The van der Waals surface area contributed by atoms with E-state index in [4.69, 9.17) is 0 Å². The van der Waals surface area contributed by atoms with E-state index in [1.807, 2.05) is 0 Å². The molecule has 0 aliphatic rings. The summed E-state index contributed by atoms with van der Waals surface area (Å²) in [4.78, 5) is 0. The number of hydrogen-bond acceptors (Lipinski definition) is 0. The summed E-state index contributed by atoms with van der Waals surface area (Å²) in [7, 11) is 0. The van der Waals surface area contributed by atoms with Crippen LogP contribution in [0, 0.1) is 0 Å². The zero-order valence-electron chi connectivity index (χ0n) is 3.39. The molecule has 0 aromatic heterocycles. The van der Waals surface area contributed by atoms with Gasteiger partial charge in [-0.3, -0.25) is 0 Å². The van der Waals surface area contributed by atoms with E-state index < -0.39 is 0 Å². The molecule has 0 rings (SSSR count). The van der Waals surface area contributed by atoms with Crippen molar-refractivity contribution in [3.63, 3.8) is 0 Å². The first-order valence-corrected chi connectivity index (χ1v) is 0. The van der Waals surface area contributed by atoms with Crippen molar-refractivity contribution < 1.29 is 114 Å². The first kappa shape index (κ1) is 114. The Morgan fingerprint density at radius 2 is 0.429 bits per heavy atom. The van der Waals surface area contributed by atoms with E-state index in [-0.39, 0.29) is 114 Å². The van der Waals surface area contributed by atoms with Crippen LogP contribution in [0.3, 0.4) is 0 Å². The van der Waals surface area contributed by atoms with Gasteiger partial charge in [0.05, 0.1) is 0 Å². The van der Waals surface area contributed by atoms with Gasteiger partial charge in [-0.05, 0) is 0 Å². The maximum absolute atomic E-state index is 0. The Morgan fingerprint density at radius 1 is 0.429 bits per heavy atom. The van der Waals surface area contributed by atoms with Gasteiger partial charge < -0.3 is 23.5 Å². The van der Waals surface area contributed by atoms with Crippen LogP contribution >= 0.6 is 0 Å². The van der Waals surface area contributed by atoms with Gasteiger partial charge in [-0.25, -0.2) is 0 Å². The van der Waals surface area contributed by atoms with Crippen molar-refractivity contribution in [1.82, 2.24) is 0 Å². The van der Waals surface area contributed by atoms with Crippen molar-refractivity contribution in [1.29, 1.82) is 0 Å². The van der Waals surface area contributed by atoms with Gasteiger partial charge >= 0.3 is 90.6 Å². The summed E-state index contributed by atoms with van der Waals surface area (Å²) in [5.41, 5.74) is 0. The van der Waals surface area contributed by atoms with Gasteiger partial charge in [0, 0.05) is 0 Å². The fourth-order valence-electron chi connectivity index (χ4n) is 0. The molecule has 0 saturated heterocycles. The summed E-state index contributed by atoms with van der Waals surface area (Å²) in [6.45, 7) is 0. The molecule has 0 atom stereocenters. The quantitative estimate of drug-likeness (QED) is 0.304. The fraction of sp³-hybridized carbons (Fsp3) is 0. The van der Waals surface area contributed by atoms with Gasteiger partial charge in [0.25, 0.3) is 0 Å². The molecule has 0 unspecified atom stereocenters. The number of hydrogen-bond donors (Lipinski definition) is 0. The minimum Gasteiger partial charge on any atom is -1.00 e. The minimum atomic E-state index is 0. The third-order valence-corrected chi connectivity index (χ3v) is 0. The molecule has 0 N–H and O–H groups in total. The molecule has 40 valence electrons. The van der Waals surface area contributed by atoms with Gasteiger partial charge in [0.2, 0.25) is 0 Å². The molecule has 0 saturated carbocycles. The van der Waals surface area contributed by atoms with Crippen molar-refractivity contribution in [2.75, 3.05) is 0 Å². The van der Waals surface area contributed by atoms with Crippen molar-refractivity contribution in [3.8, 4) is 0 Å². The molecule has 0 aliphatic heterocycles. The second-order valence-electron chi connectivity index (χ2n) is 0. The van der Waals surface area contributed by atoms with E-state index in [0.29, 0.717) is 0 Å². The first-order chi connectivity index (χ1) is 0. The maximum Gasteiger partial charge on any atom is 4.00 e. The average molecular weight is 276 g/mol. The standard InChI is InChI=1S/Cs.5FH.Ti/h;5*1H;/q+1;;;;;;+4/p-5. The van der Waals surface area contributed by atoms with Crippen LogP contribution in [-0.2, 0) is 21.7 Å². The zero-order chi connectivity index (χ0) is 0. The molecular formula is CsF5Ti. The van der Waals surface area contributed by atoms with Crippen molar-refractivity contribution in [3.05, 3.63) is 0 Å². The summed E-state index contributed by atoms with van der Waals surface area (Å²) in [6.07, 6.45) is 0. The summed E-state index contributed by atoms with van der Waals surface area (Å²) in [5, 5.41) is 0. The topological polar surface area (TPSA) is 0 Å². The van der Waals surface area contributed by atoms with Crippen LogP contribution in [0.1, 0.15) is 0 Å². The van der Waals surface area contributed by atoms with Gasteiger partial charge in [-0.2, -0.15) is 0 Å². The number of rotatable bonds is 0. The molecule has 0 bridgehead atoms. The summed E-state index contributed by atoms with van der Waals surface area (Å²) in [6, 6.07) is 0. The van der Waals surface area contributed by atoms with E-state index >= 15 is 0 Å².